The number of aromatic amines is 1. The van der Waals surface area contributed by atoms with Crippen molar-refractivity contribution < 1.29 is 9.90 Å². The molecular formula is C12H16N4O2. The number of carbonyl (C=O) groups excluding carboxylic acids is 1. The SMILES string of the molecule is CC(C)(CCO)NC(=O)c1ncnc2[nH]ccc12. The van der Waals surface area contributed by atoms with Gasteiger partial charge in [0.2, 0.25) is 0 Å². The highest BCUT2D eigenvalue weighted by atomic mass is 16.3. The van der Waals surface area contributed by atoms with Crippen molar-refractivity contribution >= 4 is 16.9 Å². The van der Waals surface area contributed by atoms with E-state index in [1.54, 1.807) is 12.3 Å². The molecule has 2 aromatic rings. The van der Waals surface area contributed by atoms with Gasteiger partial charge in [-0.05, 0) is 26.3 Å². The number of aliphatic hydroxyl groups is 1. The number of hydrogen-bond acceptors (Lipinski definition) is 4. The van der Waals surface area contributed by atoms with Crippen molar-refractivity contribution in [3.63, 3.8) is 0 Å². The van der Waals surface area contributed by atoms with Gasteiger partial charge in [-0.15, -0.1) is 0 Å². The molecule has 0 aliphatic rings. The molecule has 0 bridgehead atoms. The summed E-state index contributed by atoms with van der Waals surface area (Å²) in [5.41, 5.74) is 0.502. The van der Waals surface area contributed by atoms with E-state index in [-0.39, 0.29) is 12.5 Å². The first kappa shape index (κ1) is 12.5. The number of nitrogens with one attached hydrogen (secondary N) is 2. The molecule has 0 spiro atoms. The van der Waals surface area contributed by atoms with E-state index in [4.69, 9.17) is 5.11 Å². The van der Waals surface area contributed by atoms with Gasteiger partial charge in [0.15, 0.2) is 0 Å². The smallest absolute Gasteiger partial charge is 0.271 e. The summed E-state index contributed by atoms with van der Waals surface area (Å²) in [4.78, 5) is 23.1. The van der Waals surface area contributed by atoms with E-state index >= 15 is 0 Å². The summed E-state index contributed by atoms with van der Waals surface area (Å²) in [6.45, 7) is 3.74. The molecule has 0 aliphatic carbocycles. The zero-order chi connectivity index (χ0) is 13.2. The van der Waals surface area contributed by atoms with Crippen LogP contribution in [0, 0.1) is 0 Å². The summed E-state index contributed by atoms with van der Waals surface area (Å²) >= 11 is 0. The third kappa shape index (κ3) is 2.48. The second kappa shape index (κ2) is 4.73. The second-order valence-corrected chi connectivity index (χ2v) is 4.77. The van der Waals surface area contributed by atoms with Gasteiger partial charge in [-0.2, -0.15) is 0 Å². The summed E-state index contributed by atoms with van der Waals surface area (Å²) in [5.74, 6) is -0.263. The molecule has 6 nitrogen and oxygen atoms in total. The molecule has 18 heavy (non-hydrogen) atoms. The molecule has 1 amide bonds. The largest absolute Gasteiger partial charge is 0.396 e. The van der Waals surface area contributed by atoms with E-state index in [1.807, 2.05) is 13.8 Å². The summed E-state index contributed by atoms with van der Waals surface area (Å²) in [7, 11) is 0. The Labute approximate surface area is 104 Å². The Morgan fingerprint density at radius 2 is 2.28 bits per heavy atom. The lowest BCUT2D eigenvalue weighted by Crippen LogP contribution is -2.44. The van der Waals surface area contributed by atoms with Crippen LogP contribution in [0.2, 0.25) is 0 Å². The maximum absolute atomic E-state index is 12.2. The Hall–Kier alpha value is -1.95. The molecule has 0 fully saturated rings. The first-order valence-corrected chi connectivity index (χ1v) is 5.75. The minimum atomic E-state index is -0.473. The summed E-state index contributed by atoms with van der Waals surface area (Å²) in [5, 5.41) is 12.5. The zero-order valence-corrected chi connectivity index (χ0v) is 10.4. The van der Waals surface area contributed by atoms with E-state index in [9.17, 15) is 4.79 Å². The Kier molecular flexibility index (Phi) is 3.29. The van der Waals surface area contributed by atoms with E-state index in [1.165, 1.54) is 6.33 Å². The van der Waals surface area contributed by atoms with Crippen molar-refractivity contribution in [3.05, 3.63) is 24.3 Å². The summed E-state index contributed by atoms with van der Waals surface area (Å²) < 4.78 is 0. The minimum absolute atomic E-state index is 0.0244. The van der Waals surface area contributed by atoms with Gasteiger partial charge in [-0.3, -0.25) is 4.79 Å². The molecule has 2 rings (SSSR count). The third-order valence-electron chi connectivity index (χ3n) is 2.76. The van der Waals surface area contributed by atoms with Crippen LogP contribution in [0.1, 0.15) is 30.8 Å². The quantitative estimate of drug-likeness (QED) is 0.748. The van der Waals surface area contributed by atoms with Gasteiger partial charge in [0, 0.05) is 18.3 Å². The Morgan fingerprint density at radius 1 is 1.50 bits per heavy atom. The standard InChI is InChI=1S/C12H16N4O2/c1-12(2,4-6-17)16-11(18)9-8-3-5-13-10(8)15-7-14-9/h3,5,7,17H,4,6H2,1-2H3,(H,16,18)(H,13,14,15). The van der Waals surface area contributed by atoms with Crippen LogP contribution in [0.5, 0.6) is 0 Å². The van der Waals surface area contributed by atoms with Gasteiger partial charge in [-0.25, -0.2) is 9.97 Å². The lowest BCUT2D eigenvalue weighted by atomic mass is 10.0. The predicted molar refractivity (Wildman–Crippen MR) is 67.1 cm³/mol. The number of aromatic nitrogens is 3. The van der Waals surface area contributed by atoms with Crippen molar-refractivity contribution in [3.8, 4) is 0 Å². The summed E-state index contributed by atoms with van der Waals surface area (Å²) in [6, 6.07) is 1.77. The van der Waals surface area contributed by atoms with Crippen molar-refractivity contribution in [1.29, 1.82) is 0 Å². The van der Waals surface area contributed by atoms with Crippen molar-refractivity contribution in [2.75, 3.05) is 6.61 Å². The van der Waals surface area contributed by atoms with Crippen LogP contribution in [0.15, 0.2) is 18.6 Å². The highest BCUT2D eigenvalue weighted by molar-refractivity contribution is 6.03. The lowest BCUT2D eigenvalue weighted by molar-refractivity contribution is 0.0896. The van der Waals surface area contributed by atoms with Gasteiger partial charge in [-0.1, -0.05) is 0 Å². The Balaban J connectivity index is 2.26. The lowest BCUT2D eigenvalue weighted by Gasteiger charge is -2.25. The van der Waals surface area contributed by atoms with Crippen LogP contribution >= 0.6 is 0 Å². The van der Waals surface area contributed by atoms with Crippen LogP contribution < -0.4 is 5.32 Å². The Morgan fingerprint density at radius 3 is 3.00 bits per heavy atom. The Bertz CT molecular complexity index is 562. The fourth-order valence-corrected chi connectivity index (χ4v) is 1.76. The van der Waals surface area contributed by atoms with Gasteiger partial charge in [0.05, 0.1) is 5.39 Å². The number of fused-ring (bicyclic) bond motifs is 1. The number of nitrogens with zero attached hydrogens (tertiary/aromatic N) is 2. The number of rotatable bonds is 4. The number of hydrogen-bond donors (Lipinski definition) is 3. The second-order valence-electron chi connectivity index (χ2n) is 4.77. The molecule has 0 saturated heterocycles. The van der Waals surface area contributed by atoms with E-state index < -0.39 is 5.54 Å². The van der Waals surface area contributed by atoms with Gasteiger partial charge >= 0.3 is 0 Å². The molecule has 0 aliphatic heterocycles. The monoisotopic (exact) mass is 248 g/mol. The van der Waals surface area contributed by atoms with E-state index in [0.717, 1.165) is 0 Å². The maximum Gasteiger partial charge on any atom is 0.271 e. The number of carbonyl (C=O) groups is 1. The molecule has 2 aromatic heterocycles. The molecule has 96 valence electrons. The molecular weight excluding hydrogens is 232 g/mol. The van der Waals surface area contributed by atoms with Gasteiger partial charge < -0.3 is 15.4 Å². The van der Waals surface area contributed by atoms with Gasteiger partial charge in [0.25, 0.3) is 5.91 Å². The maximum atomic E-state index is 12.2. The predicted octanol–water partition coefficient (Wildman–Crippen LogP) is 0.849. The number of aliphatic hydroxyl groups excluding tert-OH is 1. The molecule has 6 heteroatoms. The van der Waals surface area contributed by atoms with Crippen LogP contribution in [0.25, 0.3) is 11.0 Å². The van der Waals surface area contributed by atoms with E-state index in [0.29, 0.717) is 23.1 Å². The number of amides is 1. The van der Waals surface area contributed by atoms with Crippen LogP contribution in [0.4, 0.5) is 0 Å². The molecule has 0 saturated carbocycles. The fourth-order valence-electron chi connectivity index (χ4n) is 1.76. The van der Waals surface area contributed by atoms with Crippen molar-refractivity contribution in [2.24, 2.45) is 0 Å². The average molecular weight is 248 g/mol. The highest BCUT2D eigenvalue weighted by Crippen LogP contribution is 2.14. The highest BCUT2D eigenvalue weighted by Gasteiger charge is 2.22. The fraction of sp³-hybridized carbons (Fsp3) is 0.417. The minimum Gasteiger partial charge on any atom is -0.396 e. The van der Waals surface area contributed by atoms with Crippen LogP contribution in [-0.4, -0.2) is 38.1 Å². The zero-order valence-electron chi connectivity index (χ0n) is 10.4. The number of H-pyrrole nitrogens is 1. The van der Waals surface area contributed by atoms with Crippen molar-refractivity contribution in [1.82, 2.24) is 20.3 Å². The molecule has 0 atom stereocenters. The summed E-state index contributed by atoms with van der Waals surface area (Å²) in [6.07, 6.45) is 3.56. The third-order valence-corrected chi connectivity index (χ3v) is 2.76. The molecule has 0 aromatic carbocycles. The normalized spacial score (nSPS) is 11.7. The molecule has 0 unspecified atom stereocenters. The van der Waals surface area contributed by atoms with Crippen LogP contribution in [-0.2, 0) is 0 Å². The first-order chi connectivity index (χ1) is 8.53. The average Bonchev–Trinajstić information content (AvgIpc) is 2.75. The van der Waals surface area contributed by atoms with E-state index in [2.05, 4.69) is 20.3 Å². The van der Waals surface area contributed by atoms with Gasteiger partial charge in [0.1, 0.15) is 17.7 Å². The van der Waals surface area contributed by atoms with Crippen LogP contribution in [0.3, 0.4) is 0 Å². The van der Waals surface area contributed by atoms with Crippen molar-refractivity contribution in [2.45, 2.75) is 25.8 Å². The molecule has 3 N–H and O–H groups in total. The molecule has 2 heterocycles. The molecule has 0 radical (unpaired) electrons. The topological polar surface area (TPSA) is 90.9 Å². The first-order valence-electron chi connectivity index (χ1n) is 5.75.